The van der Waals surface area contributed by atoms with Crippen molar-refractivity contribution in [2.45, 2.75) is 93.4 Å². The minimum atomic E-state index is -0.893. The summed E-state index contributed by atoms with van der Waals surface area (Å²) in [6.45, 7) is 5.19. The Kier molecular flexibility index (Phi) is 7.06. The van der Waals surface area contributed by atoms with Crippen molar-refractivity contribution in [2.24, 2.45) is 0 Å². The van der Waals surface area contributed by atoms with Crippen LogP contribution < -0.4 is 4.74 Å². The molecule has 5 fully saturated rings. The second-order valence-corrected chi connectivity index (χ2v) is 14.2. The lowest BCUT2D eigenvalue weighted by Crippen LogP contribution is -2.45. The Morgan fingerprint density at radius 2 is 1.91 bits per heavy atom. The summed E-state index contributed by atoms with van der Waals surface area (Å²) in [5.41, 5.74) is 2.21. The summed E-state index contributed by atoms with van der Waals surface area (Å²) in [7, 11) is 0. The van der Waals surface area contributed by atoms with Crippen LogP contribution in [-0.4, -0.2) is 74.3 Å². The number of nitrogens with zero attached hydrogens (tertiary/aromatic N) is 4. The molecule has 4 unspecified atom stereocenters. The van der Waals surface area contributed by atoms with Crippen LogP contribution in [0.4, 0.5) is 8.78 Å². The van der Waals surface area contributed by atoms with E-state index in [9.17, 15) is 14.3 Å². The van der Waals surface area contributed by atoms with Crippen molar-refractivity contribution in [1.82, 2.24) is 19.8 Å². The zero-order valence-electron chi connectivity index (χ0n) is 25.2. The smallest absolute Gasteiger partial charge is 0.317 e. The molecule has 1 aromatic heterocycles. The lowest BCUT2D eigenvalue weighted by molar-refractivity contribution is -0.130. The summed E-state index contributed by atoms with van der Waals surface area (Å²) in [6, 6.07) is 6.92. The van der Waals surface area contributed by atoms with Crippen LogP contribution in [-0.2, 0) is 4.79 Å². The van der Waals surface area contributed by atoms with Crippen LogP contribution in [0, 0.1) is 5.82 Å². The molecule has 4 saturated heterocycles. The number of hydrogen-bond acceptors (Lipinski definition) is 6. The number of carbonyl (C=O) groups excluding carboxylic acids is 1. The third kappa shape index (κ3) is 4.89. The monoisotopic (exact) mass is 634 g/mol. The topological polar surface area (TPSA) is 78.8 Å². The first-order valence-corrected chi connectivity index (χ1v) is 16.6. The van der Waals surface area contributed by atoms with Gasteiger partial charge in [-0.2, -0.15) is 9.97 Å². The molecule has 4 atom stereocenters. The van der Waals surface area contributed by atoms with Crippen LogP contribution in [0.25, 0.3) is 22.0 Å². The second kappa shape index (κ2) is 10.9. The Morgan fingerprint density at radius 3 is 2.64 bits per heavy atom. The lowest BCUT2D eigenvalue weighted by Gasteiger charge is -2.38. The minimum Gasteiger partial charge on any atom is -0.508 e. The first-order chi connectivity index (χ1) is 21.7. The number of piperidine rings is 1. The van der Waals surface area contributed by atoms with Gasteiger partial charge in [0.05, 0.1) is 11.2 Å². The molecular formula is C35H37ClF2N4O3. The molecule has 1 aliphatic carbocycles. The highest BCUT2D eigenvalue weighted by Crippen LogP contribution is 2.50. The van der Waals surface area contributed by atoms with Crippen LogP contribution in [0.1, 0.15) is 80.9 Å². The number of hydrogen-bond donors (Lipinski definition) is 1. The lowest BCUT2D eigenvalue weighted by atomic mass is 9.85. The molecule has 0 radical (unpaired) electrons. The fraction of sp³-hybridized carbons (Fsp3) is 0.514. The van der Waals surface area contributed by atoms with Gasteiger partial charge in [-0.15, -0.1) is 0 Å². The Labute approximate surface area is 266 Å². The van der Waals surface area contributed by atoms with Gasteiger partial charge in [-0.1, -0.05) is 30.3 Å². The molecular weight excluding hydrogens is 598 g/mol. The largest absolute Gasteiger partial charge is 0.508 e. The first kappa shape index (κ1) is 29.1. The van der Waals surface area contributed by atoms with Gasteiger partial charge in [0, 0.05) is 46.9 Å². The van der Waals surface area contributed by atoms with Crippen LogP contribution >= 0.6 is 11.6 Å². The average Bonchev–Trinajstić information content (AvgIpc) is 3.63. The maximum Gasteiger partial charge on any atom is 0.317 e. The molecule has 2 aromatic carbocycles. The zero-order valence-corrected chi connectivity index (χ0v) is 25.9. The molecule has 3 aromatic rings. The standard InChI is InChI=1S/C35H37ClF2N4O3/c1-2-29(44)42-22-6-7-23(42)13-20(12-22)32-26-9-8-25(27-14-24(43)15-28(36)30(27)19-4-5-19)31(38)33(26)40-34(39-32)45-18-35-10-3-11-41(35)17-21(37)16-35/h2,8-9,14-15,19-23,43H,1,3-7,10-13,16-18H2. The minimum absolute atomic E-state index is 0.0189. The van der Waals surface area contributed by atoms with E-state index in [1.165, 1.54) is 12.1 Å². The van der Waals surface area contributed by atoms with E-state index >= 15 is 4.39 Å². The normalized spacial score (nSPS) is 29.4. The Hall–Kier alpha value is -3.30. The number of phenols is 1. The van der Waals surface area contributed by atoms with E-state index in [1.807, 2.05) is 11.0 Å². The van der Waals surface area contributed by atoms with Crippen molar-refractivity contribution < 1.29 is 23.4 Å². The molecule has 236 valence electrons. The third-order valence-corrected chi connectivity index (χ3v) is 11.3. The van der Waals surface area contributed by atoms with Crippen LogP contribution in [0.5, 0.6) is 11.8 Å². The number of aromatic hydroxyl groups is 1. The van der Waals surface area contributed by atoms with E-state index in [0.717, 1.165) is 56.3 Å². The molecule has 1 amide bonds. The van der Waals surface area contributed by atoms with Crippen LogP contribution in [0.2, 0.25) is 5.02 Å². The Morgan fingerprint density at radius 1 is 1.13 bits per heavy atom. The predicted octanol–water partition coefficient (Wildman–Crippen LogP) is 7.05. The van der Waals surface area contributed by atoms with Crippen molar-refractivity contribution in [3.8, 4) is 22.9 Å². The maximum absolute atomic E-state index is 16.8. The molecule has 2 bridgehead atoms. The molecule has 5 aliphatic rings. The van der Waals surface area contributed by atoms with Crippen molar-refractivity contribution in [1.29, 1.82) is 0 Å². The number of phenolic OH excluding ortho intramolecular Hbond substituents is 1. The average molecular weight is 635 g/mol. The maximum atomic E-state index is 16.8. The fourth-order valence-corrected chi connectivity index (χ4v) is 9.24. The van der Waals surface area contributed by atoms with Gasteiger partial charge in [0.15, 0.2) is 5.82 Å². The molecule has 4 aliphatic heterocycles. The van der Waals surface area contributed by atoms with Gasteiger partial charge in [0.25, 0.3) is 0 Å². The van der Waals surface area contributed by atoms with Crippen molar-refractivity contribution >= 4 is 28.4 Å². The number of rotatable bonds is 7. The molecule has 8 rings (SSSR count). The summed E-state index contributed by atoms with van der Waals surface area (Å²) in [4.78, 5) is 26.4. The number of carbonyl (C=O) groups is 1. The van der Waals surface area contributed by atoms with E-state index in [-0.39, 0.29) is 53.7 Å². The summed E-state index contributed by atoms with van der Waals surface area (Å²) < 4.78 is 37.6. The predicted molar refractivity (Wildman–Crippen MR) is 168 cm³/mol. The van der Waals surface area contributed by atoms with Gasteiger partial charge < -0.3 is 14.7 Å². The molecule has 1 N–H and O–H groups in total. The van der Waals surface area contributed by atoms with E-state index in [0.29, 0.717) is 47.3 Å². The van der Waals surface area contributed by atoms with E-state index in [1.54, 1.807) is 12.1 Å². The SMILES string of the molecule is C=CC(=O)N1C2CCC1CC(c1nc(OCC34CCCN3CC(F)C4)nc3c(F)c(-c4cc(O)cc(Cl)c4C4CC4)ccc13)C2. The van der Waals surface area contributed by atoms with E-state index in [2.05, 4.69) is 16.5 Å². The fourth-order valence-electron chi connectivity index (χ4n) is 8.87. The van der Waals surface area contributed by atoms with Crippen LogP contribution in [0.15, 0.2) is 36.9 Å². The van der Waals surface area contributed by atoms with Crippen molar-refractivity contribution in [3.05, 3.63) is 59.0 Å². The molecule has 10 heteroatoms. The Bertz CT molecular complexity index is 1700. The quantitative estimate of drug-likeness (QED) is 0.281. The molecule has 1 saturated carbocycles. The highest BCUT2D eigenvalue weighted by atomic mass is 35.5. The number of benzene rings is 2. The number of alkyl halides is 1. The van der Waals surface area contributed by atoms with Crippen molar-refractivity contribution in [2.75, 3.05) is 19.7 Å². The van der Waals surface area contributed by atoms with Gasteiger partial charge in [-0.3, -0.25) is 9.69 Å². The van der Waals surface area contributed by atoms with Crippen LogP contribution in [0.3, 0.4) is 0 Å². The summed E-state index contributed by atoms with van der Waals surface area (Å²) >= 11 is 6.58. The Balaban J connectivity index is 1.22. The van der Waals surface area contributed by atoms with Gasteiger partial charge in [0.2, 0.25) is 5.91 Å². The van der Waals surface area contributed by atoms with Gasteiger partial charge >= 0.3 is 6.01 Å². The van der Waals surface area contributed by atoms with Gasteiger partial charge in [-0.25, -0.2) is 8.78 Å². The summed E-state index contributed by atoms with van der Waals surface area (Å²) in [5.74, 6) is -0.383. The number of ether oxygens (including phenoxy) is 1. The zero-order chi connectivity index (χ0) is 31.0. The molecule has 0 spiro atoms. The number of fused-ring (bicyclic) bond motifs is 4. The van der Waals surface area contributed by atoms with E-state index in [4.69, 9.17) is 21.3 Å². The summed E-state index contributed by atoms with van der Waals surface area (Å²) in [5, 5.41) is 11.5. The number of aromatic nitrogens is 2. The first-order valence-electron chi connectivity index (χ1n) is 16.2. The molecule has 5 heterocycles. The molecule has 7 nitrogen and oxygen atoms in total. The third-order valence-electron chi connectivity index (χ3n) is 11.0. The number of halogens is 3. The second-order valence-electron chi connectivity index (χ2n) is 13.7. The van der Waals surface area contributed by atoms with Crippen molar-refractivity contribution in [3.63, 3.8) is 0 Å². The number of amides is 1. The summed E-state index contributed by atoms with van der Waals surface area (Å²) in [6.07, 6.45) is 7.90. The van der Waals surface area contributed by atoms with E-state index < -0.39 is 17.5 Å². The van der Waals surface area contributed by atoms with Gasteiger partial charge in [-0.05, 0) is 93.2 Å². The molecule has 45 heavy (non-hydrogen) atoms. The highest BCUT2D eigenvalue weighted by Gasteiger charge is 2.49. The highest BCUT2D eigenvalue weighted by molar-refractivity contribution is 6.32. The van der Waals surface area contributed by atoms with Gasteiger partial charge in [0.1, 0.15) is 24.0 Å².